The summed E-state index contributed by atoms with van der Waals surface area (Å²) in [6.45, 7) is 7.13. The molecule has 50 heavy (non-hydrogen) atoms. The van der Waals surface area contributed by atoms with Crippen LogP contribution in [0, 0.1) is 13.8 Å². The summed E-state index contributed by atoms with van der Waals surface area (Å²) in [5.41, 5.74) is 19.7. The minimum absolute atomic E-state index is 0.465. The number of hydrogen-bond donors (Lipinski definition) is 4. The summed E-state index contributed by atoms with van der Waals surface area (Å²) in [5, 5.41) is 6.50. The van der Waals surface area contributed by atoms with Crippen LogP contribution in [-0.2, 0) is 26.2 Å². The Bertz CT molecular complexity index is 1770. The quantitative estimate of drug-likeness (QED) is 0.104. The Hall–Kier alpha value is -5.84. The molecule has 0 bridgehead atoms. The molecule has 10 nitrogen and oxygen atoms in total. The van der Waals surface area contributed by atoms with Crippen LogP contribution in [0.15, 0.2) is 121 Å². The zero-order chi connectivity index (χ0) is 35.3. The fourth-order valence-corrected chi connectivity index (χ4v) is 5.28. The average Bonchev–Trinajstić information content (AvgIpc) is 3.07. The SMILES string of the molecule is Cc1ccc(Nc2cc(N)nc(CN(C)Cc3ccccc3)n2)cc1.Cc1ccc(Nc2nc(N)cc(CN(C)Cc3ccccc3)n2)cc1. The third kappa shape index (κ3) is 11.7. The first-order valence-corrected chi connectivity index (χ1v) is 16.6. The summed E-state index contributed by atoms with van der Waals surface area (Å²) in [5.74, 6) is 2.86. The summed E-state index contributed by atoms with van der Waals surface area (Å²) in [7, 11) is 4.12. The van der Waals surface area contributed by atoms with E-state index in [-0.39, 0.29) is 0 Å². The van der Waals surface area contributed by atoms with Crippen molar-refractivity contribution < 1.29 is 0 Å². The molecule has 2 aromatic heterocycles. The maximum atomic E-state index is 5.96. The highest BCUT2D eigenvalue weighted by Gasteiger charge is 2.09. The van der Waals surface area contributed by atoms with Crippen molar-refractivity contribution in [1.29, 1.82) is 0 Å². The predicted octanol–water partition coefficient (Wildman–Crippen LogP) is 7.49. The highest BCUT2D eigenvalue weighted by atomic mass is 15.2. The zero-order valence-electron chi connectivity index (χ0n) is 29.2. The molecule has 0 fully saturated rings. The molecule has 0 unspecified atom stereocenters. The van der Waals surface area contributed by atoms with Gasteiger partial charge in [-0.15, -0.1) is 0 Å². The lowest BCUT2D eigenvalue weighted by Crippen LogP contribution is -2.19. The van der Waals surface area contributed by atoms with Crippen molar-refractivity contribution in [3.05, 3.63) is 155 Å². The summed E-state index contributed by atoms with van der Waals surface area (Å²) in [6, 6.07) is 40.5. The first-order valence-electron chi connectivity index (χ1n) is 16.6. The van der Waals surface area contributed by atoms with Gasteiger partial charge >= 0.3 is 0 Å². The van der Waals surface area contributed by atoms with E-state index >= 15 is 0 Å². The molecule has 6 N–H and O–H groups in total. The van der Waals surface area contributed by atoms with E-state index in [2.05, 4.69) is 110 Å². The molecule has 256 valence electrons. The van der Waals surface area contributed by atoms with Crippen LogP contribution in [0.2, 0.25) is 0 Å². The molecule has 0 aliphatic heterocycles. The van der Waals surface area contributed by atoms with Crippen LogP contribution >= 0.6 is 0 Å². The van der Waals surface area contributed by atoms with Gasteiger partial charge in [0, 0.05) is 43.1 Å². The van der Waals surface area contributed by atoms with E-state index in [1.54, 1.807) is 6.07 Å². The minimum Gasteiger partial charge on any atom is -0.384 e. The van der Waals surface area contributed by atoms with Gasteiger partial charge in [-0.05, 0) is 63.3 Å². The van der Waals surface area contributed by atoms with Crippen LogP contribution in [0.5, 0.6) is 0 Å². The molecular weight excluding hydrogens is 621 g/mol. The van der Waals surface area contributed by atoms with Crippen molar-refractivity contribution in [1.82, 2.24) is 29.7 Å². The van der Waals surface area contributed by atoms with Gasteiger partial charge in [0.2, 0.25) is 5.95 Å². The molecular formula is C40H46N10. The average molecular weight is 667 g/mol. The molecule has 0 saturated heterocycles. The van der Waals surface area contributed by atoms with Gasteiger partial charge in [0.1, 0.15) is 23.3 Å². The van der Waals surface area contributed by atoms with Crippen LogP contribution in [0.25, 0.3) is 0 Å². The molecule has 0 spiro atoms. The van der Waals surface area contributed by atoms with E-state index in [1.165, 1.54) is 22.3 Å². The molecule has 2 heterocycles. The molecule has 0 radical (unpaired) electrons. The van der Waals surface area contributed by atoms with Crippen LogP contribution < -0.4 is 22.1 Å². The van der Waals surface area contributed by atoms with Gasteiger partial charge in [-0.25, -0.2) is 15.0 Å². The number of hydrogen-bond acceptors (Lipinski definition) is 10. The topological polar surface area (TPSA) is 134 Å². The Kier molecular flexibility index (Phi) is 12.4. The van der Waals surface area contributed by atoms with Crippen molar-refractivity contribution in [3.8, 4) is 0 Å². The van der Waals surface area contributed by atoms with E-state index in [4.69, 9.17) is 11.5 Å². The number of nitrogen functional groups attached to an aromatic ring is 2. The lowest BCUT2D eigenvalue weighted by Gasteiger charge is -2.17. The molecule has 10 heteroatoms. The van der Waals surface area contributed by atoms with Crippen LogP contribution in [0.1, 0.15) is 33.8 Å². The maximum Gasteiger partial charge on any atom is 0.229 e. The van der Waals surface area contributed by atoms with Crippen molar-refractivity contribution in [3.63, 3.8) is 0 Å². The lowest BCUT2D eigenvalue weighted by atomic mass is 10.2. The Balaban J connectivity index is 0.000000194. The van der Waals surface area contributed by atoms with E-state index in [1.807, 2.05) is 73.8 Å². The van der Waals surface area contributed by atoms with Crippen LogP contribution in [0.3, 0.4) is 0 Å². The van der Waals surface area contributed by atoms with Crippen LogP contribution in [-0.4, -0.2) is 43.8 Å². The fourth-order valence-electron chi connectivity index (χ4n) is 5.28. The second kappa shape index (κ2) is 17.5. The second-order valence-corrected chi connectivity index (χ2v) is 12.5. The number of aryl methyl sites for hydroxylation is 2. The minimum atomic E-state index is 0.465. The standard InChI is InChI=1S/2C20H23N5/c1-15-8-10-17(11-9-15)22-19-12-18(21)23-20(24-19)14-25(2)13-16-6-4-3-5-7-16;1-15-8-10-17(11-9-15)22-20-23-18(12-19(21)24-20)14-25(2)13-16-6-4-3-5-7-16/h2*3-12H,13-14H2,1-2H3,(H3,21,22,23,24). The number of anilines is 6. The van der Waals surface area contributed by atoms with E-state index < -0.39 is 0 Å². The summed E-state index contributed by atoms with van der Waals surface area (Å²) < 4.78 is 0. The molecule has 6 aromatic rings. The van der Waals surface area contributed by atoms with Gasteiger partial charge < -0.3 is 22.1 Å². The Morgan fingerprint density at radius 2 is 1.02 bits per heavy atom. The number of rotatable bonds is 12. The summed E-state index contributed by atoms with van der Waals surface area (Å²) in [4.78, 5) is 22.2. The highest BCUT2D eigenvalue weighted by Crippen LogP contribution is 2.19. The maximum absolute atomic E-state index is 5.96. The van der Waals surface area contributed by atoms with Crippen molar-refractivity contribution >= 4 is 34.8 Å². The van der Waals surface area contributed by atoms with Gasteiger partial charge in [-0.1, -0.05) is 96.1 Å². The number of benzene rings is 4. The number of nitrogens with two attached hydrogens (primary N) is 2. The molecule has 0 amide bonds. The third-order valence-corrected chi connectivity index (χ3v) is 7.66. The Morgan fingerprint density at radius 3 is 1.58 bits per heavy atom. The van der Waals surface area contributed by atoms with Gasteiger partial charge in [0.25, 0.3) is 0 Å². The Morgan fingerprint density at radius 1 is 0.520 bits per heavy atom. The van der Waals surface area contributed by atoms with Crippen molar-refractivity contribution in [2.24, 2.45) is 0 Å². The summed E-state index contributed by atoms with van der Waals surface area (Å²) >= 11 is 0. The smallest absolute Gasteiger partial charge is 0.229 e. The summed E-state index contributed by atoms with van der Waals surface area (Å²) in [6.07, 6.45) is 0. The zero-order valence-corrected chi connectivity index (χ0v) is 29.2. The van der Waals surface area contributed by atoms with Crippen molar-refractivity contribution in [2.75, 3.05) is 36.2 Å². The molecule has 0 aliphatic carbocycles. The number of nitrogens with one attached hydrogen (secondary N) is 2. The first-order chi connectivity index (χ1) is 24.2. The van der Waals surface area contributed by atoms with Gasteiger partial charge in [0.05, 0.1) is 12.2 Å². The predicted molar refractivity (Wildman–Crippen MR) is 205 cm³/mol. The molecule has 0 saturated carbocycles. The fraction of sp³-hybridized carbons (Fsp3) is 0.200. The molecule has 0 aliphatic rings. The van der Waals surface area contributed by atoms with E-state index in [0.717, 1.165) is 30.2 Å². The molecule has 4 aromatic carbocycles. The van der Waals surface area contributed by atoms with Gasteiger partial charge in [0.15, 0.2) is 0 Å². The van der Waals surface area contributed by atoms with Crippen molar-refractivity contribution in [2.45, 2.75) is 40.0 Å². The van der Waals surface area contributed by atoms with Gasteiger partial charge in [-0.2, -0.15) is 4.98 Å². The first kappa shape index (κ1) is 35.5. The third-order valence-electron chi connectivity index (χ3n) is 7.66. The van der Waals surface area contributed by atoms with E-state index in [9.17, 15) is 0 Å². The monoisotopic (exact) mass is 666 g/mol. The van der Waals surface area contributed by atoms with E-state index in [0.29, 0.717) is 42.3 Å². The Labute approximate surface area is 295 Å². The lowest BCUT2D eigenvalue weighted by molar-refractivity contribution is 0.311. The number of nitrogens with zero attached hydrogens (tertiary/aromatic N) is 6. The van der Waals surface area contributed by atoms with Gasteiger partial charge in [-0.3, -0.25) is 9.80 Å². The molecule has 6 rings (SSSR count). The second-order valence-electron chi connectivity index (χ2n) is 12.5. The molecule has 0 atom stereocenters. The van der Waals surface area contributed by atoms with Crippen LogP contribution in [0.4, 0.5) is 34.8 Å². The number of aromatic nitrogens is 4. The normalized spacial score (nSPS) is 10.8. The largest absolute Gasteiger partial charge is 0.384 e. The highest BCUT2D eigenvalue weighted by molar-refractivity contribution is 5.59.